The highest BCUT2D eigenvalue weighted by Gasteiger charge is 2.31. The molecular formula is C22H19F2NO3S. The van der Waals surface area contributed by atoms with Crippen LogP contribution in [-0.4, -0.2) is 15.6 Å². The predicted molar refractivity (Wildman–Crippen MR) is 108 cm³/mol. The first-order chi connectivity index (χ1) is 13.9. The Kier molecular flexibility index (Phi) is 4.13. The molecule has 1 atom stereocenters. The van der Waals surface area contributed by atoms with E-state index in [-0.39, 0.29) is 17.1 Å². The van der Waals surface area contributed by atoms with E-state index >= 15 is 8.78 Å². The Morgan fingerprint density at radius 3 is 2.66 bits per heavy atom. The molecule has 0 bridgehead atoms. The Morgan fingerprint density at radius 1 is 1.24 bits per heavy atom. The van der Waals surface area contributed by atoms with E-state index in [9.17, 15) is 14.7 Å². The lowest BCUT2D eigenvalue weighted by Gasteiger charge is -2.17. The average molecular weight is 415 g/mol. The standard InChI is InChI=1S/C22H19F2NO3S/c1-10-3-2-4-11-7-16(29-21(10)11)13-8-15(23)17-19(18(13)24)25(12-5-6-12)9-14(20(17)26)22(27)28/h7-10,12H,2-6H2,1H3,(H,27,28). The van der Waals surface area contributed by atoms with Gasteiger partial charge < -0.3 is 9.67 Å². The van der Waals surface area contributed by atoms with Crippen LogP contribution < -0.4 is 5.43 Å². The summed E-state index contributed by atoms with van der Waals surface area (Å²) in [5.41, 5.74) is -0.317. The van der Waals surface area contributed by atoms with Gasteiger partial charge in [0.1, 0.15) is 11.4 Å². The van der Waals surface area contributed by atoms with Crippen LogP contribution in [0.4, 0.5) is 8.78 Å². The second-order valence-corrected chi connectivity index (χ2v) is 9.14. The number of rotatable bonds is 3. The topological polar surface area (TPSA) is 59.3 Å². The molecule has 0 aliphatic heterocycles. The number of halogens is 2. The molecule has 1 fully saturated rings. The van der Waals surface area contributed by atoms with Crippen molar-refractivity contribution in [2.24, 2.45) is 0 Å². The minimum absolute atomic E-state index is 0.114. The summed E-state index contributed by atoms with van der Waals surface area (Å²) in [6, 6.07) is 2.87. The molecule has 0 radical (unpaired) electrons. The first-order valence-corrected chi connectivity index (χ1v) is 10.6. The second-order valence-electron chi connectivity index (χ2n) is 8.05. The van der Waals surface area contributed by atoms with Crippen LogP contribution in [0.1, 0.15) is 65.4 Å². The lowest BCUT2D eigenvalue weighted by molar-refractivity contribution is 0.0695. The summed E-state index contributed by atoms with van der Waals surface area (Å²) < 4.78 is 32.2. The van der Waals surface area contributed by atoms with Crippen molar-refractivity contribution in [2.45, 2.75) is 51.0 Å². The number of aryl methyl sites for hydroxylation is 1. The lowest BCUT2D eigenvalue weighted by Crippen LogP contribution is -2.20. The number of pyridine rings is 1. The Hall–Kier alpha value is -2.54. The van der Waals surface area contributed by atoms with Gasteiger partial charge in [0.05, 0.1) is 10.9 Å². The molecule has 1 unspecified atom stereocenters. The quantitative estimate of drug-likeness (QED) is 0.616. The lowest BCUT2D eigenvalue weighted by atomic mass is 9.90. The number of carbonyl (C=O) groups is 1. The van der Waals surface area contributed by atoms with E-state index in [1.54, 1.807) is 0 Å². The zero-order valence-electron chi connectivity index (χ0n) is 15.8. The van der Waals surface area contributed by atoms with Crippen LogP contribution >= 0.6 is 11.3 Å². The Balaban J connectivity index is 1.81. The second kappa shape index (κ2) is 6.49. The number of carboxylic acid groups (broad SMARTS) is 1. The number of nitrogens with zero attached hydrogens (tertiary/aromatic N) is 1. The number of thiophene rings is 1. The summed E-state index contributed by atoms with van der Waals surface area (Å²) in [5.74, 6) is -2.57. The van der Waals surface area contributed by atoms with Gasteiger partial charge in [-0.1, -0.05) is 6.92 Å². The predicted octanol–water partition coefficient (Wildman–Crippen LogP) is 5.48. The molecule has 0 spiro atoms. The highest BCUT2D eigenvalue weighted by Crippen LogP contribution is 2.44. The third kappa shape index (κ3) is 2.82. The number of carboxylic acids is 1. The maximum Gasteiger partial charge on any atom is 0.341 e. The minimum Gasteiger partial charge on any atom is -0.477 e. The molecule has 0 amide bonds. The van der Waals surface area contributed by atoms with Gasteiger partial charge in [0.25, 0.3) is 0 Å². The van der Waals surface area contributed by atoms with Crippen molar-refractivity contribution in [1.82, 2.24) is 4.57 Å². The molecule has 0 saturated heterocycles. The fourth-order valence-electron chi connectivity index (χ4n) is 4.36. The van der Waals surface area contributed by atoms with Crippen LogP contribution in [0.2, 0.25) is 0 Å². The summed E-state index contributed by atoms with van der Waals surface area (Å²) >= 11 is 1.48. The van der Waals surface area contributed by atoms with E-state index in [0.717, 1.165) is 38.2 Å². The van der Waals surface area contributed by atoms with Gasteiger partial charge in [-0.2, -0.15) is 0 Å². The van der Waals surface area contributed by atoms with Crippen molar-refractivity contribution in [1.29, 1.82) is 0 Å². The van der Waals surface area contributed by atoms with Gasteiger partial charge in [-0.3, -0.25) is 4.79 Å². The van der Waals surface area contributed by atoms with E-state index < -0.39 is 34.0 Å². The SMILES string of the molecule is CC1CCCc2cc(-c3cc(F)c4c(=O)c(C(=O)O)cn(C5CC5)c4c3F)sc21. The van der Waals surface area contributed by atoms with Gasteiger partial charge >= 0.3 is 5.97 Å². The van der Waals surface area contributed by atoms with E-state index in [2.05, 4.69) is 6.92 Å². The van der Waals surface area contributed by atoms with Gasteiger partial charge in [0.2, 0.25) is 5.43 Å². The van der Waals surface area contributed by atoms with Gasteiger partial charge in [-0.05, 0) is 55.7 Å². The highest BCUT2D eigenvalue weighted by atomic mass is 32.1. The van der Waals surface area contributed by atoms with Crippen molar-refractivity contribution < 1.29 is 18.7 Å². The van der Waals surface area contributed by atoms with Crippen LogP contribution in [-0.2, 0) is 6.42 Å². The van der Waals surface area contributed by atoms with E-state index in [4.69, 9.17) is 0 Å². The molecule has 5 rings (SSSR count). The molecule has 1 saturated carbocycles. The number of benzene rings is 1. The van der Waals surface area contributed by atoms with Crippen LogP contribution in [0.5, 0.6) is 0 Å². The van der Waals surface area contributed by atoms with Crippen LogP contribution in [0, 0.1) is 11.6 Å². The number of aromatic carboxylic acids is 1. The molecule has 2 aliphatic carbocycles. The van der Waals surface area contributed by atoms with Crippen molar-refractivity contribution >= 4 is 28.2 Å². The van der Waals surface area contributed by atoms with E-state index in [1.165, 1.54) is 32.5 Å². The van der Waals surface area contributed by atoms with Gasteiger partial charge in [0, 0.05) is 27.6 Å². The summed E-state index contributed by atoms with van der Waals surface area (Å²) in [7, 11) is 0. The molecule has 1 N–H and O–H groups in total. The normalized spacial score (nSPS) is 18.8. The van der Waals surface area contributed by atoms with Gasteiger partial charge in [0.15, 0.2) is 5.82 Å². The van der Waals surface area contributed by atoms with Crippen LogP contribution in [0.3, 0.4) is 0 Å². The molecule has 7 heteroatoms. The van der Waals surface area contributed by atoms with Crippen molar-refractivity contribution in [2.75, 3.05) is 0 Å². The molecular weight excluding hydrogens is 396 g/mol. The maximum absolute atomic E-state index is 15.7. The first-order valence-electron chi connectivity index (χ1n) is 9.80. The third-order valence-corrected chi connectivity index (χ3v) is 7.44. The minimum atomic E-state index is -1.44. The monoisotopic (exact) mass is 415 g/mol. The fourth-order valence-corrected chi connectivity index (χ4v) is 5.67. The number of aromatic nitrogens is 1. The molecule has 150 valence electrons. The van der Waals surface area contributed by atoms with Crippen molar-refractivity contribution in [3.63, 3.8) is 0 Å². The van der Waals surface area contributed by atoms with Crippen molar-refractivity contribution in [3.8, 4) is 10.4 Å². The summed E-state index contributed by atoms with van der Waals surface area (Å²) in [5, 5.41) is 8.86. The Bertz CT molecular complexity index is 1240. The molecule has 2 aliphatic rings. The summed E-state index contributed by atoms with van der Waals surface area (Å²) in [4.78, 5) is 25.9. The highest BCUT2D eigenvalue weighted by molar-refractivity contribution is 7.15. The average Bonchev–Trinajstić information content (AvgIpc) is 3.42. The smallest absolute Gasteiger partial charge is 0.341 e. The largest absolute Gasteiger partial charge is 0.477 e. The summed E-state index contributed by atoms with van der Waals surface area (Å²) in [6.45, 7) is 2.15. The fraction of sp³-hybridized carbons (Fsp3) is 0.364. The van der Waals surface area contributed by atoms with E-state index in [1.807, 2.05) is 6.07 Å². The van der Waals surface area contributed by atoms with Crippen LogP contribution in [0.15, 0.2) is 23.1 Å². The molecule has 1 aromatic carbocycles. The molecule has 4 nitrogen and oxygen atoms in total. The summed E-state index contributed by atoms with van der Waals surface area (Å²) in [6.07, 6.45) is 5.75. The van der Waals surface area contributed by atoms with E-state index in [0.29, 0.717) is 10.8 Å². The number of hydrogen-bond acceptors (Lipinski definition) is 3. The van der Waals surface area contributed by atoms with Gasteiger partial charge in [-0.15, -0.1) is 11.3 Å². The molecule has 3 aromatic rings. The molecule has 2 aromatic heterocycles. The Labute approximate surface area is 169 Å². The third-order valence-electron chi connectivity index (χ3n) is 6.00. The van der Waals surface area contributed by atoms with Crippen LogP contribution in [0.25, 0.3) is 21.3 Å². The number of fused-ring (bicyclic) bond motifs is 2. The zero-order valence-corrected chi connectivity index (χ0v) is 16.6. The zero-order chi connectivity index (χ0) is 20.4. The molecule has 2 heterocycles. The Morgan fingerprint density at radius 2 is 2.00 bits per heavy atom. The number of hydrogen-bond donors (Lipinski definition) is 1. The van der Waals surface area contributed by atoms with Gasteiger partial charge in [-0.25, -0.2) is 13.6 Å². The van der Waals surface area contributed by atoms with Crippen molar-refractivity contribution in [3.05, 3.63) is 56.2 Å². The first kappa shape index (κ1) is 18.5. The maximum atomic E-state index is 15.7. The molecule has 29 heavy (non-hydrogen) atoms.